The van der Waals surface area contributed by atoms with Gasteiger partial charge in [0.2, 0.25) is 11.8 Å². The second-order valence-corrected chi connectivity index (χ2v) is 8.59. The predicted molar refractivity (Wildman–Crippen MR) is 105 cm³/mol. The summed E-state index contributed by atoms with van der Waals surface area (Å²) < 4.78 is 24.3. The van der Waals surface area contributed by atoms with Crippen LogP contribution in [0, 0.1) is 20.8 Å². The smallest absolute Gasteiger partial charge is 0.243 e. The van der Waals surface area contributed by atoms with E-state index in [0.717, 1.165) is 22.4 Å². The molecule has 0 saturated carbocycles. The van der Waals surface area contributed by atoms with Crippen molar-refractivity contribution in [1.82, 2.24) is 5.32 Å². The Labute approximate surface area is 159 Å². The fourth-order valence-electron chi connectivity index (χ4n) is 2.80. The molecule has 0 saturated heterocycles. The number of benzene rings is 2. The molecule has 7 heteroatoms. The Hall–Kier alpha value is -2.67. The highest BCUT2D eigenvalue weighted by Gasteiger charge is 2.16. The van der Waals surface area contributed by atoms with Gasteiger partial charge in [-0.05, 0) is 44.0 Å². The third-order valence-electron chi connectivity index (χ3n) is 4.09. The van der Waals surface area contributed by atoms with E-state index in [1.54, 1.807) is 18.2 Å². The lowest BCUT2D eigenvalue weighted by atomic mass is 10.1. The number of anilines is 1. The fourth-order valence-corrected chi connectivity index (χ4v) is 4.06. The van der Waals surface area contributed by atoms with E-state index >= 15 is 0 Å². The van der Waals surface area contributed by atoms with Crippen molar-refractivity contribution in [2.75, 3.05) is 17.6 Å². The number of hydrogen-bond donors (Lipinski definition) is 2. The first-order valence-corrected chi connectivity index (χ1v) is 10.3. The van der Waals surface area contributed by atoms with Crippen LogP contribution in [-0.4, -0.2) is 32.5 Å². The Balaban J connectivity index is 1.84. The van der Waals surface area contributed by atoms with Crippen LogP contribution in [0.4, 0.5) is 5.69 Å². The second kappa shape index (κ2) is 8.81. The third-order valence-corrected chi connectivity index (χ3v) is 5.82. The number of carbonyl (C=O) groups is 2. The van der Waals surface area contributed by atoms with Gasteiger partial charge in [0.25, 0.3) is 0 Å². The number of sulfone groups is 1. The molecule has 0 radical (unpaired) electrons. The molecular weight excluding hydrogens is 364 g/mol. The standard InChI is InChI=1S/C20H24N2O4S/c1-14-11-15(2)20(16(3)12-14)22-19(24)13-21-18(23)9-10-27(25,26)17-7-5-4-6-8-17/h4-8,11-12H,9-10,13H2,1-3H3,(H,21,23)(H,22,24). The Bertz CT molecular complexity index is 915. The molecule has 0 spiro atoms. The number of rotatable bonds is 7. The Morgan fingerprint density at radius 3 is 2.11 bits per heavy atom. The van der Waals surface area contributed by atoms with Gasteiger partial charge in [0, 0.05) is 12.1 Å². The van der Waals surface area contributed by atoms with Gasteiger partial charge in [0.1, 0.15) is 0 Å². The third kappa shape index (κ3) is 5.92. The minimum Gasteiger partial charge on any atom is -0.347 e. The van der Waals surface area contributed by atoms with E-state index in [1.165, 1.54) is 12.1 Å². The molecule has 2 N–H and O–H groups in total. The zero-order chi connectivity index (χ0) is 20.0. The molecule has 27 heavy (non-hydrogen) atoms. The van der Waals surface area contributed by atoms with Gasteiger partial charge in [-0.1, -0.05) is 35.9 Å². The SMILES string of the molecule is Cc1cc(C)c(NC(=O)CNC(=O)CCS(=O)(=O)c2ccccc2)c(C)c1. The van der Waals surface area contributed by atoms with Crippen molar-refractivity contribution in [1.29, 1.82) is 0 Å². The van der Waals surface area contributed by atoms with Crippen molar-refractivity contribution in [3.8, 4) is 0 Å². The van der Waals surface area contributed by atoms with Crippen LogP contribution in [0.15, 0.2) is 47.4 Å². The summed E-state index contributed by atoms with van der Waals surface area (Å²) >= 11 is 0. The Kier molecular flexibility index (Phi) is 6.74. The lowest BCUT2D eigenvalue weighted by molar-refractivity contribution is -0.123. The van der Waals surface area contributed by atoms with Gasteiger partial charge in [0.05, 0.1) is 17.2 Å². The fraction of sp³-hybridized carbons (Fsp3) is 0.300. The summed E-state index contributed by atoms with van der Waals surface area (Å²) in [6.45, 7) is 5.58. The van der Waals surface area contributed by atoms with Crippen molar-refractivity contribution in [3.63, 3.8) is 0 Å². The van der Waals surface area contributed by atoms with Crippen molar-refractivity contribution in [3.05, 3.63) is 59.2 Å². The molecule has 0 aliphatic rings. The van der Waals surface area contributed by atoms with E-state index in [4.69, 9.17) is 0 Å². The molecule has 0 heterocycles. The first-order valence-electron chi connectivity index (χ1n) is 8.61. The van der Waals surface area contributed by atoms with E-state index in [1.807, 2.05) is 32.9 Å². The van der Waals surface area contributed by atoms with Crippen LogP contribution in [0.1, 0.15) is 23.1 Å². The average molecular weight is 388 g/mol. The maximum atomic E-state index is 12.2. The molecule has 2 amide bonds. The summed E-state index contributed by atoms with van der Waals surface area (Å²) in [5.74, 6) is -1.15. The van der Waals surface area contributed by atoms with Crippen LogP contribution in [0.3, 0.4) is 0 Å². The average Bonchev–Trinajstić information content (AvgIpc) is 2.62. The summed E-state index contributed by atoms with van der Waals surface area (Å²) in [7, 11) is -3.52. The molecule has 6 nitrogen and oxygen atoms in total. The number of hydrogen-bond acceptors (Lipinski definition) is 4. The zero-order valence-electron chi connectivity index (χ0n) is 15.7. The van der Waals surface area contributed by atoms with Gasteiger partial charge >= 0.3 is 0 Å². The normalized spacial score (nSPS) is 11.1. The van der Waals surface area contributed by atoms with Crippen LogP contribution in [0.2, 0.25) is 0 Å². The summed E-state index contributed by atoms with van der Waals surface area (Å²) in [5, 5.41) is 5.25. The maximum Gasteiger partial charge on any atom is 0.243 e. The molecule has 0 aromatic heterocycles. The van der Waals surface area contributed by atoms with Crippen LogP contribution in [-0.2, 0) is 19.4 Å². The molecule has 144 valence electrons. The topological polar surface area (TPSA) is 92.3 Å². The van der Waals surface area contributed by atoms with Crippen molar-refractivity contribution in [2.45, 2.75) is 32.1 Å². The minimum atomic E-state index is -3.52. The van der Waals surface area contributed by atoms with Gasteiger partial charge in [-0.3, -0.25) is 9.59 Å². The maximum absolute atomic E-state index is 12.2. The summed E-state index contributed by atoms with van der Waals surface area (Å²) in [6.07, 6.45) is -0.201. The van der Waals surface area contributed by atoms with Gasteiger partial charge in [0.15, 0.2) is 9.84 Å². The molecule has 0 aliphatic heterocycles. The molecular formula is C20H24N2O4S. The van der Waals surface area contributed by atoms with Gasteiger partial charge in [-0.15, -0.1) is 0 Å². The van der Waals surface area contributed by atoms with E-state index < -0.39 is 15.7 Å². The monoisotopic (exact) mass is 388 g/mol. The van der Waals surface area contributed by atoms with E-state index in [9.17, 15) is 18.0 Å². The number of aryl methyl sites for hydroxylation is 3. The molecule has 0 fully saturated rings. The molecule has 2 rings (SSSR count). The summed E-state index contributed by atoms with van der Waals surface area (Å²) in [4.78, 5) is 24.2. The lowest BCUT2D eigenvalue weighted by Gasteiger charge is -2.13. The molecule has 0 bridgehead atoms. The van der Waals surface area contributed by atoms with Crippen LogP contribution < -0.4 is 10.6 Å². The largest absolute Gasteiger partial charge is 0.347 e. The molecule has 2 aromatic rings. The summed E-state index contributed by atoms with van der Waals surface area (Å²) in [6, 6.07) is 11.9. The first-order chi connectivity index (χ1) is 12.7. The quantitative estimate of drug-likeness (QED) is 0.762. The van der Waals surface area contributed by atoms with Gasteiger partial charge < -0.3 is 10.6 Å². The van der Waals surface area contributed by atoms with E-state index in [0.29, 0.717) is 0 Å². The molecule has 0 unspecified atom stereocenters. The highest BCUT2D eigenvalue weighted by Crippen LogP contribution is 2.21. The van der Waals surface area contributed by atoms with Crippen LogP contribution in [0.25, 0.3) is 0 Å². The lowest BCUT2D eigenvalue weighted by Crippen LogP contribution is -2.34. The summed E-state index contributed by atoms with van der Waals surface area (Å²) in [5.41, 5.74) is 3.73. The Morgan fingerprint density at radius 1 is 0.926 bits per heavy atom. The van der Waals surface area contributed by atoms with E-state index in [2.05, 4.69) is 10.6 Å². The highest BCUT2D eigenvalue weighted by atomic mass is 32.2. The van der Waals surface area contributed by atoms with E-state index in [-0.39, 0.29) is 29.5 Å². The van der Waals surface area contributed by atoms with Crippen molar-refractivity contribution in [2.24, 2.45) is 0 Å². The molecule has 0 atom stereocenters. The van der Waals surface area contributed by atoms with Gasteiger partial charge in [-0.2, -0.15) is 0 Å². The number of nitrogens with one attached hydrogen (secondary N) is 2. The first kappa shape index (κ1) is 20.6. The highest BCUT2D eigenvalue weighted by molar-refractivity contribution is 7.91. The van der Waals surface area contributed by atoms with Crippen molar-refractivity contribution < 1.29 is 18.0 Å². The number of carbonyl (C=O) groups excluding carboxylic acids is 2. The van der Waals surface area contributed by atoms with Crippen LogP contribution >= 0.6 is 0 Å². The predicted octanol–water partition coefficient (Wildman–Crippen LogP) is 2.53. The molecule has 2 aromatic carbocycles. The number of amides is 2. The minimum absolute atomic E-state index is 0.181. The van der Waals surface area contributed by atoms with Crippen molar-refractivity contribution >= 4 is 27.3 Å². The van der Waals surface area contributed by atoms with Gasteiger partial charge in [-0.25, -0.2) is 8.42 Å². The Morgan fingerprint density at radius 2 is 1.52 bits per heavy atom. The second-order valence-electron chi connectivity index (χ2n) is 6.48. The molecule has 0 aliphatic carbocycles. The van der Waals surface area contributed by atoms with Crippen LogP contribution in [0.5, 0.6) is 0 Å². The zero-order valence-corrected chi connectivity index (χ0v) is 16.5.